The van der Waals surface area contributed by atoms with Crippen LogP contribution in [0.2, 0.25) is 5.02 Å². The Bertz CT molecular complexity index is 996. The normalized spacial score (nSPS) is 15.7. The van der Waals surface area contributed by atoms with Crippen LogP contribution in [0, 0.1) is 6.92 Å². The number of aryl methyl sites for hydroxylation is 1. The summed E-state index contributed by atoms with van der Waals surface area (Å²) < 4.78 is 1.65. The fourth-order valence-electron chi connectivity index (χ4n) is 4.18. The number of halogens is 1. The second-order valence-corrected chi connectivity index (χ2v) is 9.90. The van der Waals surface area contributed by atoms with Crippen molar-refractivity contribution in [1.82, 2.24) is 25.3 Å². The molecule has 0 atom stereocenters. The molecule has 0 bridgehead atoms. The SMILES string of the molecule is Cc1cc(-c2ccc(Cl)c(C(=O)NCC3(O)CCCCCC3)c2)nn1CC(=O)NCCN(C)C. The van der Waals surface area contributed by atoms with Gasteiger partial charge in [0.05, 0.1) is 21.9 Å². The van der Waals surface area contributed by atoms with Crippen molar-refractivity contribution in [3.8, 4) is 11.3 Å². The van der Waals surface area contributed by atoms with Gasteiger partial charge in [-0.05, 0) is 52.1 Å². The van der Waals surface area contributed by atoms with E-state index in [9.17, 15) is 14.7 Å². The van der Waals surface area contributed by atoms with Crippen LogP contribution in [0.25, 0.3) is 11.3 Å². The predicted octanol–water partition coefficient (Wildman–Crippen LogP) is 3.00. The first-order valence-electron chi connectivity index (χ1n) is 11.9. The molecule has 3 rings (SSSR count). The van der Waals surface area contributed by atoms with Crippen molar-refractivity contribution in [3.05, 3.63) is 40.5 Å². The molecule has 0 radical (unpaired) electrons. The zero-order valence-corrected chi connectivity index (χ0v) is 21.1. The first-order chi connectivity index (χ1) is 16.2. The number of aromatic nitrogens is 2. The summed E-state index contributed by atoms with van der Waals surface area (Å²) in [5.41, 5.74) is 1.71. The summed E-state index contributed by atoms with van der Waals surface area (Å²) in [6.45, 7) is 3.56. The van der Waals surface area contributed by atoms with E-state index in [0.29, 0.717) is 35.7 Å². The van der Waals surface area contributed by atoms with E-state index in [4.69, 9.17) is 11.6 Å². The smallest absolute Gasteiger partial charge is 0.252 e. The number of carbonyl (C=O) groups is 2. The molecule has 1 aliphatic carbocycles. The highest BCUT2D eigenvalue weighted by molar-refractivity contribution is 6.34. The van der Waals surface area contributed by atoms with E-state index in [1.54, 1.807) is 22.9 Å². The molecule has 186 valence electrons. The van der Waals surface area contributed by atoms with E-state index >= 15 is 0 Å². The fraction of sp³-hybridized carbons (Fsp3) is 0.560. The highest BCUT2D eigenvalue weighted by Gasteiger charge is 2.28. The monoisotopic (exact) mass is 489 g/mol. The number of amides is 2. The molecule has 2 amide bonds. The van der Waals surface area contributed by atoms with Crippen LogP contribution < -0.4 is 10.6 Å². The molecule has 34 heavy (non-hydrogen) atoms. The van der Waals surface area contributed by atoms with Crippen molar-refractivity contribution in [3.63, 3.8) is 0 Å². The minimum Gasteiger partial charge on any atom is -0.388 e. The zero-order chi connectivity index (χ0) is 24.7. The van der Waals surface area contributed by atoms with Crippen LogP contribution in [-0.2, 0) is 11.3 Å². The number of nitrogens with zero attached hydrogens (tertiary/aromatic N) is 3. The lowest BCUT2D eigenvalue weighted by molar-refractivity contribution is -0.121. The minimum absolute atomic E-state index is 0.104. The Morgan fingerprint density at radius 3 is 2.53 bits per heavy atom. The first kappa shape index (κ1) is 26.2. The summed E-state index contributed by atoms with van der Waals surface area (Å²) in [5.74, 6) is -0.423. The largest absolute Gasteiger partial charge is 0.388 e. The quantitative estimate of drug-likeness (QED) is 0.470. The first-order valence-corrected chi connectivity index (χ1v) is 12.3. The average molecular weight is 490 g/mol. The topological polar surface area (TPSA) is 99.5 Å². The van der Waals surface area contributed by atoms with Gasteiger partial charge in [-0.25, -0.2) is 0 Å². The number of nitrogens with one attached hydrogen (secondary N) is 2. The second kappa shape index (κ2) is 11.8. The van der Waals surface area contributed by atoms with Crippen molar-refractivity contribution >= 4 is 23.4 Å². The standard InChI is InChI=1S/C25H36ClN5O3/c1-18-14-22(29-31(18)16-23(32)27-12-13-30(2)3)19-8-9-21(26)20(15-19)24(33)28-17-25(34)10-6-4-5-7-11-25/h8-9,14-15,34H,4-7,10-13,16-17H2,1-3H3,(H,27,32)(H,28,33). The molecule has 1 aromatic carbocycles. The van der Waals surface area contributed by atoms with Gasteiger partial charge in [-0.15, -0.1) is 0 Å². The van der Waals surface area contributed by atoms with E-state index in [0.717, 1.165) is 43.5 Å². The summed E-state index contributed by atoms with van der Waals surface area (Å²) in [6.07, 6.45) is 5.57. The van der Waals surface area contributed by atoms with Crippen LogP contribution in [0.4, 0.5) is 0 Å². The molecule has 8 nitrogen and oxygen atoms in total. The van der Waals surface area contributed by atoms with Gasteiger partial charge in [-0.1, -0.05) is 43.4 Å². The lowest BCUT2D eigenvalue weighted by atomic mass is 9.94. The Labute approximate surface area is 206 Å². The molecule has 0 unspecified atom stereocenters. The summed E-state index contributed by atoms with van der Waals surface area (Å²) >= 11 is 6.33. The van der Waals surface area contributed by atoms with Gasteiger partial charge in [-0.2, -0.15) is 5.10 Å². The highest BCUT2D eigenvalue weighted by atomic mass is 35.5. The van der Waals surface area contributed by atoms with Gasteiger partial charge in [0.1, 0.15) is 6.54 Å². The van der Waals surface area contributed by atoms with Gasteiger partial charge in [0, 0.05) is 30.9 Å². The fourth-order valence-corrected chi connectivity index (χ4v) is 4.39. The molecule has 9 heteroatoms. The van der Waals surface area contributed by atoms with Crippen LogP contribution in [0.5, 0.6) is 0 Å². The number of rotatable bonds is 9. The molecule has 1 fully saturated rings. The Balaban J connectivity index is 1.67. The molecule has 1 aliphatic rings. The lowest BCUT2D eigenvalue weighted by Crippen LogP contribution is -2.42. The molecule has 1 heterocycles. The number of benzene rings is 1. The molecular formula is C25H36ClN5O3. The van der Waals surface area contributed by atoms with Crippen molar-refractivity contribution in [1.29, 1.82) is 0 Å². The Hall–Kier alpha value is -2.42. The van der Waals surface area contributed by atoms with Crippen LogP contribution in [0.15, 0.2) is 24.3 Å². The van der Waals surface area contributed by atoms with Gasteiger partial charge in [0.25, 0.3) is 5.91 Å². The number of hydrogen-bond acceptors (Lipinski definition) is 5. The number of aliphatic hydroxyl groups is 1. The molecule has 2 aromatic rings. The molecule has 0 spiro atoms. The molecule has 0 saturated heterocycles. The third kappa shape index (κ3) is 7.29. The van der Waals surface area contributed by atoms with E-state index < -0.39 is 5.60 Å². The predicted molar refractivity (Wildman–Crippen MR) is 134 cm³/mol. The third-order valence-electron chi connectivity index (χ3n) is 6.27. The maximum Gasteiger partial charge on any atom is 0.252 e. The van der Waals surface area contributed by atoms with E-state index in [2.05, 4.69) is 15.7 Å². The van der Waals surface area contributed by atoms with Crippen molar-refractivity contribution in [2.75, 3.05) is 33.7 Å². The summed E-state index contributed by atoms with van der Waals surface area (Å²) in [6, 6.07) is 7.07. The van der Waals surface area contributed by atoms with E-state index in [-0.39, 0.29) is 24.9 Å². The third-order valence-corrected chi connectivity index (χ3v) is 6.60. The van der Waals surface area contributed by atoms with E-state index in [1.807, 2.05) is 32.0 Å². The van der Waals surface area contributed by atoms with Gasteiger partial charge in [-0.3, -0.25) is 14.3 Å². The summed E-state index contributed by atoms with van der Waals surface area (Å²) in [4.78, 5) is 27.1. The van der Waals surface area contributed by atoms with Crippen molar-refractivity contribution in [2.45, 2.75) is 57.6 Å². The Morgan fingerprint density at radius 2 is 1.85 bits per heavy atom. The number of hydrogen-bond donors (Lipinski definition) is 3. The molecule has 0 aliphatic heterocycles. The second-order valence-electron chi connectivity index (χ2n) is 9.50. The Kier molecular flexibility index (Phi) is 9.10. The molecule has 1 aromatic heterocycles. The number of likely N-dealkylation sites (N-methyl/N-ethyl adjacent to an activating group) is 1. The zero-order valence-electron chi connectivity index (χ0n) is 20.4. The lowest BCUT2D eigenvalue weighted by Gasteiger charge is -2.26. The Morgan fingerprint density at radius 1 is 1.15 bits per heavy atom. The van der Waals surface area contributed by atoms with Crippen molar-refractivity contribution < 1.29 is 14.7 Å². The maximum absolute atomic E-state index is 12.9. The van der Waals surface area contributed by atoms with Crippen LogP contribution in [0.1, 0.15) is 54.6 Å². The molecule has 1 saturated carbocycles. The van der Waals surface area contributed by atoms with Crippen LogP contribution in [-0.4, -0.2) is 70.9 Å². The highest BCUT2D eigenvalue weighted by Crippen LogP contribution is 2.28. The van der Waals surface area contributed by atoms with Gasteiger partial charge in [0.15, 0.2) is 0 Å². The van der Waals surface area contributed by atoms with Crippen LogP contribution in [0.3, 0.4) is 0 Å². The summed E-state index contributed by atoms with van der Waals surface area (Å²) in [5, 5.41) is 21.5. The molecular weight excluding hydrogens is 454 g/mol. The minimum atomic E-state index is -0.862. The van der Waals surface area contributed by atoms with Crippen LogP contribution >= 0.6 is 11.6 Å². The average Bonchev–Trinajstić information content (AvgIpc) is 3.00. The number of carbonyl (C=O) groups excluding carboxylic acids is 2. The van der Waals surface area contributed by atoms with Gasteiger partial charge in [0.2, 0.25) is 5.91 Å². The molecule has 3 N–H and O–H groups in total. The summed E-state index contributed by atoms with van der Waals surface area (Å²) in [7, 11) is 3.91. The van der Waals surface area contributed by atoms with E-state index in [1.165, 1.54) is 0 Å². The van der Waals surface area contributed by atoms with Gasteiger partial charge < -0.3 is 20.6 Å². The maximum atomic E-state index is 12.9. The van der Waals surface area contributed by atoms with Gasteiger partial charge >= 0.3 is 0 Å². The van der Waals surface area contributed by atoms with Crippen molar-refractivity contribution in [2.24, 2.45) is 0 Å².